The minimum Gasteiger partial charge on any atom is -0.456 e. The average Bonchev–Trinajstić information content (AvgIpc) is 4.17. The summed E-state index contributed by atoms with van der Waals surface area (Å²) >= 11 is 0. The van der Waals surface area contributed by atoms with Gasteiger partial charge in [0, 0.05) is 43.1 Å². The number of benzene rings is 9. The lowest BCUT2D eigenvalue weighted by Gasteiger charge is -2.19. The van der Waals surface area contributed by atoms with Gasteiger partial charge in [-0.25, -0.2) is 0 Å². The second kappa shape index (κ2) is 13.3. The van der Waals surface area contributed by atoms with E-state index in [0.717, 1.165) is 82.4 Å². The normalized spacial score (nSPS) is 13.8. The van der Waals surface area contributed by atoms with Gasteiger partial charge in [0.2, 0.25) is 11.9 Å². The number of hydrogen-bond acceptors (Lipinski definition) is 4. The molecule has 0 amide bonds. The molecular formula is C57H34N6O. The maximum Gasteiger partial charge on any atom is 0.240 e. The summed E-state index contributed by atoms with van der Waals surface area (Å²) in [5, 5.41) is 5.62. The number of hydrogen-bond donors (Lipinski definition) is 0. The van der Waals surface area contributed by atoms with Gasteiger partial charge in [-0.2, -0.15) is 15.0 Å². The highest BCUT2D eigenvalue weighted by Gasteiger charge is 2.25. The van der Waals surface area contributed by atoms with Crippen LogP contribution in [-0.4, -0.2) is 28.7 Å². The van der Waals surface area contributed by atoms with Crippen LogP contribution in [0.4, 0.5) is 0 Å². The van der Waals surface area contributed by atoms with E-state index < -0.39 is 48.3 Å². The highest BCUT2D eigenvalue weighted by Crippen LogP contribution is 2.43. The number of nitrogens with zero attached hydrogens (tertiary/aromatic N) is 6. The van der Waals surface area contributed by atoms with Crippen molar-refractivity contribution in [3.63, 3.8) is 0 Å². The predicted molar refractivity (Wildman–Crippen MR) is 261 cm³/mol. The molecule has 0 fully saturated rings. The summed E-state index contributed by atoms with van der Waals surface area (Å²) in [6, 6.07) is 48.2. The van der Waals surface area contributed by atoms with Gasteiger partial charge in [0.25, 0.3) is 0 Å². The van der Waals surface area contributed by atoms with E-state index in [1.165, 1.54) is 4.57 Å². The Hall–Kier alpha value is -8.81. The van der Waals surface area contributed by atoms with E-state index in [0.29, 0.717) is 5.56 Å². The first kappa shape index (κ1) is 27.9. The highest BCUT2D eigenvalue weighted by atomic mass is 16.3. The molecule has 0 N–H and O–H groups in total. The van der Waals surface area contributed by atoms with E-state index in [9.17, 15) is 5.48 Å². The molecule has 64 heavy (non-hydrogen) atoms. The van der Waals surface area contributed by atoms with Crippen LogP contribution < -0.4 is 0 Å². The van der Waals surface area contributed by atoms with Crippen LogP contribution in [-0.2, 0) is 0 Å². The molecule has 0 atom stereocenters. The van der Waals surface area contributed by atoms with Gasteiger partial charge in [-0.15, -0.1) is 0 Å². The van der Waals surface area contributed by atoms with Crippen LogP contribution in [0.25, 0.3) is 127 Å². The zero-order valence-corrected chi connectivity index (χ0v) is 33.6. The maximum atomic E-state index is 9.45. The fourth-order valence-electron chi connectivity index (χ4n) is 9.70. The largest absolute Gasteiger partial charge is 0.456 e. The molecule has 0 aliphatic heterocycles. The lowest BCUT2D eigenvalue weighted by molar-refractivity contribution is 0.669. The number of rotatable bonds is 5. The fourth-order valence-corrected chi connectivity index (χ4v) is 9.70. The Morgan fingerprint density at radius 1 is 0.375 bits per heavy atom. The predicted octanol–water partition coefficient (Wildman–Crippen LogP) is 14.4. The minimum atomic E-state index is -0.551. The minimum absolute atomic E-state index is 0.0876. The molecule has 0 saturated carbocycles. The maximum absolute atomic E-state index is 9.45. The van der Waals surface area contributed by atoms with E-state index in [-0.39, 0.29) is 39.5 Å². The zero-order valence-electron chi connectivity index (χ0n) is 41.6. The van der Waals surface area contributed by atoms with Gasteiger partial charge >= 0.3 is 0 Å². The molecule has 0 radical (unpaired) electrons. The van der Waals surface area contributed by atoms with Crippen molar-refractivity contribution in [3.8, 4) is 40.1 Å². The van der Waals surface area contributed by atoms with E-state index >= 15 is 0 Å². The molecular weight excluding hydrogens is 785 g/mol. The smallest absolute Gasteiger partial charge is 0.240 e. The van der Waals surface area contributed by atoms with E-state index in [2.05, 4.69) is 34.9 Å². The molecule has 0 unspecified atom stereocenters. The van der Waals surface area contributed by atoms with Crippen molar-refractivity contribution in [2.45, 2.75) is 0 Å². The first-order valence-electron chi connectivity index (χ1n) is 24.9. The van der Waals surface area contributed by atoms with Gasteiger partial charge in [-0.1, -0.05) is 145 Å². The van der Waals surface area contributed by atoms with Gasteiger partial charge in [0.1, 0.15) is 11.2 Å². The Labute approximate surface area is 376 Å². The third-order valence-electron chi connectivity index (χ3n) is 12.4. The molecule has 5 heterocycles. The molecule has 0 aliphatic carbocycles. The van der Waals surface area contributed by atoms with Crippen molar-refractivity contribution in [1.82, 2.24) is 28.7 Å². The van der Waals surface area contributed by atoms with Gasteiger partial charge in [-0.3, -0.25) is 9.13 Å². The van der Waals surface area contributed by atoms with E-state index in [1.807, 2.05) is 132 Å². The molecule has 0 saturated heterocycles. The lowest BCUT2D eigenvalue weighted by Crippen LogP contribution is -2.11. The molecule has 14 rings (SSSR count). The molecule has 9 aromatic carbocycles. The average molecular weight is 827 g/mol. The quantitative estimate of drug-likeness (QED) is 0.173. The van der Waals surface area contributed by atoms with Crippen LogP contribution in [0.3, 0.4) is 0 Å². The summed E-state index contributed by atoms with van der Waals surface area (Å²) < 4.78 is 84.5. The number of furan rings is 1. The highest BCUT2D eigenvalue weighted by molar-refractivity contribution is 6.12. The van der Waals surface area contributed by atoms with Crippen LogP contribution >= 0.6 is 0 Å². The Morgan fingerprint density at radius 3 is 1.45 bits per heavy atom. The number of fused-ring (bicyclic) bond motifs is 12. The van der Waals surface area contributed by atoms with Crippen molar-refractivity contribution in [2.75, 3.05) is 0 Å². The van der Waals surface area contributed by atoms with Crippen LogP contribution in [0.15, 0.2) is 210 Å². The Balaban J connectivity index is 1.19. The number of para-hydroxylation sites is 7. The van der Waals surface area contributed by atoms with Gasteiger partial charge in [0.15, 0.2) is 5.82 Å². The van der Waals surface area contributed by atoms with E-state index in [1.54, 1.807) is 0 Å². The second-order valence-corrected chi connectivity index (χ2v) is 15.8. The molecule has 0 bridgehead atoms. The van der Waals surface area contributed by atoms with E-state index in [4.69, 9.17) is 24.9 Å². The van der Waals surface area contributed by atoms with Gasteiger partial charge in [-0.05, 0) is 71.7 Å². The fraction of sp³-hybridized carbons (Fsp3) is 0. The van der Waals surface area contributed by atoms with Crippen molar-refractivity contribution in [3.05, 3.63) is 206 Å². The van der Waals surface area contributed by atoms with Crippen molar-refractivity contribution in [1.29, 1.82) is 0 Å². The standard InChI is InChI=1S/C57H34N6O/c1-8-24-45-37(16-1)38-17-2-9-25-46(38)61(45)51-30-15-23-36(35-32-33-53-44(34-35)43-22-7-14-31-52(43)64-53)54(51)55-58-56(62-47-26-10-3-18-39(47)40-19-4-11-27-48(40)62)60-57(59-55)63-49-28-12-5-20-41(49)42-21-6-13-29-50(42)63/h1-34H/i3D,4D,10D,11D,18D,19D,26D,27D. The third-order valence-corrected chi connectivity index (χ3v) is 12.4. The van der Waals surface area contributed by atoms with Crippen LogP contribution in [0.1, 0.15) is 11.0 Å². The Kier molecular flexibility index (Phi) is 5.82. The zero-order chi connectivity index (χ0) is 48.8. The molecule has 5 aromatic heterocycles. The third kappa shape index (κ3) is 4.94. The van der Waals surface area contributed by atoms with Crippen molar-refractivity contribution in [2.24, 2.45) is 0 Å². The second-order valence-electron chi connectivity index (χ2n) is 15.8. The van der Waals surface area contributed by atoms with Gasteiger partial charge < -0.3 is 8.98 Å². The van der Waals surface area contributed by atoms with Gasteiger partial charge in [0.05, 0.1) is 55.3 Å². The summed E-state index contributed by atoms with van der Waals surface area (Å²) in [4.78, 5) is 16.1. The van der Waals surface area contributed by atoms with Crippen LogP contribution in [0.2, 0.25) is 0 Å². The lowest BCUT2D eigenvalue weighted by atomic mass is 9.95. The molecule has 0 spiro atoms. The summed E-state index contributed by atoms with van der Waals surface area (Å²) in [5.41, 5.74) is 7.56. The van der Waals surface area contributed by atoms with Crippen LogP contribution in [0.5, 0.6) is 0 Å². The molecule has 7 heteroatoms. The molecule has 0 aliphatic rings. The summed E-state index contributed by atoms with van der Waals surface area (Å²) in [6.45, 7) is 0. The Bertz CT molecular complexity index is 4520. The molecule has 14 aromatic rings. The summed E-state index contributed by atoms with van der Waals surface area (Å²) in [5.74, 6) is 0.202. The molecule has 7 nitrogen and oxygen atoms in total. The molecule has 298 valence electrons. The topological polar surface area (TPSA) is 66.6 Å². The van der Waals surface area contributed by atoms with Crippen molar-refractivity contribution >= 4 is 87.4 Å². The van der Waals surface area contributed by atoms with Crippen molar-refractivity contribution < 1.29 is 15.4 Å². The SMILES string of the molecule is [2H]c1c([2H])c([2H])c2c(c1[2H])c1c([2H])c([2H])c([2H])c([2H])c1n2-c1nc(-c2c(-c3ccc4oc5ccccc5c4c3)cccc2-n2c3ccccc3c3ccccc32)nc(-n2c3ccccc3c3ccccc32)n1. The van der Waals surface area contributed by atoms with Crippen LogP contribution in [0, 0.1) is 0 Å². The Morgan fingerprint density at radius 2 is 0.859 bits per heavy atom. The number of aromatic nitrogens is 6. The summed E-state index contributed by atoms with van der Waals surface area (Å²) in [6.07, 6.45) is 0. The first-order valence-corrected chi connectivity index (χ1v) is 20.9. The first-order chi connectivity index (χ1) is 35.1. The monoisotopic (exact) mass is 826 g/mol. The summed E-state index contributed by atoms with van der Waals surface area (Å²) in [7, 11) is 0.